The van der Waals surface area contributed by atoms with Crippen LogP contribution >= 0.6 is 11.3 Å². The first-order valence-electron chi connectivity index (χ1n) is 5.61. The normalized spacial score (nSPS) is 12.9. The summed E-state index contributed by atoms with van der Waals surface area (Å²) in [5.74, 6) is -1.09. The van der Waals surface area contributed by atoms with Gasteiger partial charge >= 0.3 is 5.97 Å². The Morgan fingerprint density at radius 3 is 2.83 bits per heavy atom. The molecule has 1 aromatic heterocycles. The van der Waals surface area contributed by atoms with Crippen molar-refractivity contribution in [2.75, 3.05) is 6.61 Å². The maximum atomic E-state index is 11.6. The Labute approximate surface area is 110 Å². The second-order valence-corrected chi connectivity index (χ2v) is 4.59. The summed E-state index contributed by atoms with van der Waals surface area (Å²) in [6.07, 6.45) is 0. The first-order valence-corrected chi connectivity index (χ1v) is 6.48. The van der Waals surface area contributed by atoms with E-state index in [1.165, 1.54) is 11.3 Å². The van der Waals surface area contributed by atoms with E-state index in [1.54, 1.807) is 32.9 Å². The van der Waals surface area contributed by atoms with Crippen molar-refractivity contribution >= 4 is 28.9 Å². The predicted octanol–water partition coefficient (Wildman–Crippen LogP) is 2.05. The van der Waals surface area contributed by atoms with Crippen LogP contribution in [-0.2, 0) is 9.53 Å². The van der Waals surface area contributed by atoms with E-state index in [-0.39, 0.29) is 11.9 Å². The summed E-state index contributed by atoms with van der Waals surface area (Å²) in [6, 6.07) is 3.50. The van der Waals surface area contributed by atoms with E-state index in [0.29, 0.717) is 17.2 Å². The number of rotatable bonds is 5. The second-order valence-electron chi connectivity index (χ2n) is 3.65. The number of carbonyl (C=O) groups excluding carboxylic acids is 2. The molecule has 1 atom stereocenters. The maximum Gasteiger partial charge on any atom is 0.314 e. The molecule has 0 unspecified atom stereocenters. The molecule has 0 spiro atoms. The summed E-state index contributed by atoms with van der Waals surface area (Å²) < 4.78 is 4.87. The van der Waals surface area contributed by atoms with Gasteiger partial charge in [0.15, 0.2) is 0 Å². The van der Waals surface area contributed by atoms with Crippen molar-refractivity contribution in [3.8, 4) is 0 Å². The average Bonchev–Trinajstić information content (AvgIpc) is 2.88. The number of esters is 1. The minimum absolute atomic E-state index is 0.277. The molecule has 98 valence electrons. The molecule has 6 heteroatoms. The molecule has 0 aliphatic rings. The Hall–Kier alpha value is -1.69. The predicted molar refractivity (Wildman–Crippen MR) is 70.7 cm³/mol. The molecule has 0 bridgehead atoms. The largest absolute Gasteiger partial charge is 0.465 e. The van der Waals surface area contributed by atoms with Gasteiger partial charge in [-0.2, -0.15) is 5.10 Å². The molecule has 0 saturated carbocycles. The number of nitrogens with one attached hydrogen (secondary N) is 1. The maximum absolute atomic E-state index is 11.6. The number of ether oxygens (including phenoxy) is 1. The summed E-state index contributed by atoms with van der Waals surface area (Å²) in [5, 5.41) is 5.72. The number of amides is 1. The van der Waals surface area contributed by atoms with Crippen molar-refractivity contribution < 1.29 is 14.3 Å². The molecular formula is C12H16N2O3S. The van der Waals surface area contributed by atoms with Crippen LogP contribution in [0.1, 0.15) is 30.4 Å². The van der Waals surface area contributed by atoms with Crippen molar-refractivity contribution in [1.29, 1.82) is 0 Å². The van der Waals surface area contributed by atoms with E-state index in [1.807, 2.05) is 5.38 Å². The number of hydrogen-bond acceptors (Lipinski definition) is 5. The van der Waals surface area contributed by atoms with E-state index in [2.05, 4.69) is 10.5 Å². The highest BCUT2D eigenvalue weighted by atomic mass is 32.1. The Kier molecular flexibility index (Phi) is 5.51. The van der Waals surface area contributed by atoms with Crippen molar-refractivity contribution in [3.05, 3.63) is 22.4 Å². The molecule has 1 N–H and O–H groups in total. The standard InChI is InChI=1S/C12H16N2O3S/c1-4-17-12(16)8(2)9(3)13-14-11(15)10-6-5-7-18-10/h5-8H,4H2,1-3H3,(H,14,15)/b13-9+/t8-/m0/s1. The average molecular weight is 268 g/mol. The molecule has 0 radical (unpaired) electrons. The summed E-state index contributed by atoms with van der Waals surface area (Å²) >= 11 is 1.33. The zero-order valence-electron chi connectivity index (χ0n) is 10.6. The Bertz CT molecular complexity index is 440. The van der Waals surface area contributed by atoms with E-state index >= 15 is 0 Å². The number of thiophene rings is 1. The summed E-state index contributed by atoms with van der Waals surface area (Å²) in [5.41, 5.74) is 2.93. The van der Waals surface area contributed by atoms with Crippen LogP contribution in [0.4, 0.5) is 0 Å². The van der Waals surface area contributed by atoms with Gasteiger partial charge in [0.25, 0.3) is 5.91 Å². The van der Waals surface area contributed by atoms with Crippen LogP contribution in [0.3, 0.4) is 0 Å². The molecular weight excluding hydrogens is 252 g/mol. The molecule has 0 aliphatic heterocycles. The third-order valence-electron chi connectivity index (χ3n) is 2.35. The second kappa shape index (κ2) is 6.90. The van der Waals surface area contributed by atoms with Crippen molar-refractivity contribution in [1.82, 2.24) is 5.43 Å². The van der Waals surface area contributed by atoms with Crippen LogP contribution in [0.15, 0.2) is 22.6 Å². The van der Waals surface area contributed by atoms with E-state index in [4.69, 9.17) is 4.74 Å². The fraction of sp³-hybridized carbons (Fsp3) is 0.417. The highest BCUT2D eigenvalue weighted by molar-refractivity contribution is 7.12. The first-order chi connectivity index (χ1) is 8.56. The molecule has 5 nitrogen and oxygen atoms in total. The minimum Gasteiger partial charge on any atom is -0.465 e. The molecule has 1 amide bonds. The third-order valence-corrected chi connectivity index (χ3v) is 3.21. The van der Waals surface area contributed by atoms with Gasteiger partial charge in [0.1, 0.15) is 0 Å². The number of hydrazone groups is 1. The highest BCUT2D eigenvalue weighted by Gasteiger charge is 2.17. The van der Waals surface area contributed by atoms with Gasteiger partial charge in [0, 0.05) is 5.71 Å². The van der Waals surface area contributed by atoms with Crippen molar-refractivity contribution in [2.45, 2.75) is 20.8 Å². The van der Waals surface area contributed by atoms with Crippen molar-refractivity contribution in [2.24, 2.45) is 11.0 Å². The van der Waals surface area contributed by atoms with Gasteiger partial charge in [-0.1, -0.05) is 6.07 Å². The molecule has 18 heavy (non-hydrogen) atoms. The zero-order valence-corrected chi connectivity index (χ0v) is 11.4. The van der Waals surface area contributed by atoms with Gasteiger partial charge in [-0.15, -0.1) is 11.3 Å². The monoisotopic (exact) mass is 268 g/mol. The van der Waals surface area contributed by atoms with Crippen LogP contribution < -0.4 is 5.43 Å². The van der Waals surface area contributed by atoms with Gasteiger partial charge in [0.2, 0.25) is 0 Å². The zero-order chi connectivity index (χ0) is 13.5. The summed E-state index contributed by atoms with van der Waals surface area (Å²) in [7, 11) is 0. The molecule has 0 saturated heterocycles. The lowest BCUT2D eigenvalue weighted by atomic mass is 10.1. The number of carbonyl (C=O) groups is 2. The van der Waals surface area contributed by atoms with Gasteiger partial charge in [-0.05, 0) is 32.2 Å². The topological polar surface area (TPSA) is 67.8 Å². The lowest BCUT2D eigenvalue weighted by Gasteiger charge is -2.09. The Morgan fingerprint density at radius 1 is 1.56 bits per heavy atom. The fourth-order valence-electron chi connectivity index (χ4n) is 1.14. The Balaban J connectivity index is 2.56. The van der Waals surface area contributed by atoms with Crippen LogP contribution in [0.25, 0.3) is 0 Å². The van der Waals surface area contributed by atoms with E-state index in [9.17, 15) is 9.59 Å². The quantitative estimate of drug-likeness (QED) is 0.505. The lowest BCUT2D eigenvalue weighted by Crippen LogP contribution is -2.25. The highest BCUT2D eigenvalue weighted by Crippen LogP contribution is 2.08. The molecule has 1 rings (SSSR count). The van der Waals surface area contributed by atoms with Crippen LogP contribution in [-0.4, -0.2) is 24.2 Å². The van der Waals surface area contributed by atoms with E-state index < -0.39 is 5.92 Å². The smallest absolute Gasteiger partial charge is 0.314 e. The van der Waals surface area contributed by atoms with Gasteiger partial charge in [-0.3, -0.25) is 9.59 Å². The van der Waals surface area contributed by atoms with Crippen LogP contribution in [0.2, 0.25) is 0 Å². The van der Waals surface area contributed by atoms with Crippen molar-refractivity contribution in [3.63, 3.8) is 0 Å². The summed E-state index contributed by atoms with van der Waals surface area (Å²) in [4.78, 5) is 23.6. The molecule has 1 aromatic rings. The van der Waals surface area contributed by atoms with Gasteiger partial charge < -0.3 is 4.74 Å². The fourth-order valence-corrected chi connectivity index (χ4v) is 1.75. The number of nitrogens with zero attached hydrogens (tertiary/aromatic N) is 1. The molecule has 0 aliphatic carbocycles. The van der Waals surface area contributed by atoms with Crippen LogP contribution in [0.5, 0.6) is 0 Å². The SMILES string of the molecule is CCOC(=O)[C@@H](C)/C(C)=N/NC(=O)c1cccs1. The molecule has 0 aromatic carbocycles. The summed E-state index contributed by atoms with van der Waals surface area (Å²) in [6.45, 7) is 5.44. The minimum atomic E-state index is -0.464. The first kappa shape index (κ1) is 14.4. The Morgan fingerprint density at radius 2 is 2.28 bits per heavy atom. The number of hydrogen-bond donors (Lipinski definition) is 1. The van der Waals surface area contributed by atoms with Gasteiger partial charge in [-0.25, -0.2) is 5.43 Å². The van der Waals surface area contributed by atoms with E-state index in [0.717, 1.165) is 0 Å². The lowest BCUT2D eigenvalue weighted by molar-refractivity contribution is -0.145. The third kappa shape index (κ3) is 3.96. The molecule has 0 fully saturated rings. The van der Waals surface area contributed by atoms with Gasteiger partial charge in [0.05, 0.1) is 17.4 Å². The van der Waals surface area contributed by atoms with Crippen LogP contribution in [0, 0.1) is 5.92 Å². The molecule has 1 heterocycles.